The van der Waals surface area contributed by atoms with Crippen LogP contribution in [0.4, 0.5) is 11.5 Å². The van der Waals surface area contributed by atoms with Crippen LogP contribution in [0, 0.1) is 5.41 Å². The molecule has 0 atom stereocenters. The zero-order chi connectivity index (χ0) is 19.6. The molecule has 8 nitrogen and oxygen atoms in total. The Morgan fingerprint density at radius 2 is 2.00 bits per heavy atom. The van der Waals surface area contributed by atoms with Crippen LogP contribution in [0.25, 0.3) is 0 Å². The number of nitrogen functional groups attached to an aromatic ring is 1. The molecule has 2 fully saturated rings. The summed E-state index contributed by atoms with van der Waals surface area (Å²) in [4.78, 5) is 10.8. The maximum absolute atomic E-state index is 8.66. The fraction of sp³-hybridized carbons (Fsp3) is 0.450. The van der Waals surface area contributed by atoms with E-state index in [0.717, 1.165) is 25.3 Å². The Kier molecular flexibility index (Phi) is 5.15. The molecule has 28 heavy (non-hydrogen) atoms. The van der Waals surface area contributed by atoms with Crippen LogP contribution in [0.5, 0.6) is 5.75 Å². The Hall–Kier alpha value is -2.71. The van der Waals surface area contributed by atoms with Crippen molar-refractivity contribution >= 4 is 17.2 Å². The Morgan fingerprint density at radius 3 is 2.68 bits per heavy atom. The molecule has 0 spiro atoms. The molecule has 2 aliphatic rings. The van der Waals surface area contributed by atoms with E-state index >= 15 is 0 Å². The van der Waals surface area contributed by atoms with Crippen LogP contribution in [0.1, 0.15) is 24.6 Å². The van der Waals surface area contributed by atoms with Gasteiger partial charge in [-0.25, -0.2) is 9.97 Å². The second-order valence-electron chi connectivity index (χ2n) is 7.12. The van der Waals surface area contributed by atoms with Gasteiger partial charge in [0.2, 0.25) is 0 Å². The lowest BCUT2D eigenvalue weighted by Gasteiger charge is -2.40. The molecule has 2 saturated heterocycles. The van der Waals surface area contributed by atoms with Gasteiger partial charge in [0.15, 0.2) is 5.60 Å². The molecule has 1 aromatic carbocycles. The highest BCUT2D eigenvalue weighted by Gasteiger charge is 2.39. The summed E-state index contributed by atoms with van der Waals surface area (Å²) in [6.07, 6.45) is 2.35. The lowest BCUT2D eigenvalue weighted by molar-refractivity contribution is -0.162. The van der Waals surface area contributed by atoms with Crippen molar-refractivity contribution in [2.24, 2.45) is 0 Å². The quantitative estimate of drug-likeness (QED) is 0.579. The van der Waals surface area contributed by atoms with Gasteiger partial charge in [0.05, 0.1) is 37.8 Å². The SMILES string of the molecule is CCC1(Oc2ccc(N)c(C(=N)c3cc(N4CCOCC4)ncn3)c2)COC1. The van der Waals surface area contributed by atoms with Crippen LogP contribution in [0.3, 0.4) is 0 Å². The molecule has 3 heterocycles. The highest BCUT2D eigenvalue weighted by molar-refractivity contribution is 6.13. The summed E-state index contributed by atoms with van der Waals surface area (Å²) in [5.74, 6) is 1.47. The maximum Gasteiger partial charge on any atom is 0.155 e. The first-order chi connectivity index (χ1) is 13.6. The second-order valence-corrected chi connectivity index (χ2v) is 7.12. The van der Waals surface area contributed by atoms with Gasteiger partial charge in [0.1, 0.15) is 17.9 Å². The largest absolute Gasteiger partial charge is 0.482 e. The number of hydrogen-bond donors (Lipinski definition) is 2. The summed E-state index contributed by atoms with van der Waals surface area (Å²) in [7, 11) is 0. The van der Waals surface area contributed by atoms with E-state index < -0.39 is 0 Å². The molecule has 2 aromatic rings. The number of ether oxygens (including phenoxy) is 3. The summed E-state index contributed by atoms with van der Waals surface area (Å²) < 4.78 is 16.9. The molecule has 1 aromatic heterocycles. The van der Waals surface area contributed by atoms with Gasteiger partial charge in [0.25, 0.3) is 0 Å². The van der Waals surface area contributed by atoms with E-state index in [1.807, 2.05) is 18.2 Å². The predicted molar refractivity (Wildman–Crippen MR) is 106 cm³/mol. The van der Waals surface area contributed by atoms with Crippen molar-refractivity contribution in [1.29, 1.82) is 5.41 Å². The average molecular weight is 383 g/mol. The topological polar surface area (TPSA) is 107 Å². The molecular formula is C20H25N5O3. The third-order valence-corrected chi connectivity index (χ3v) is 5.25. The van der Waals surface area contributed by atoms with Crippen LogP contribution in [-0.2, 0) is 9.47 Å². The van der Waals surface area contributed by atoms with Crippen LogP contribution < -0.4 is 15.4 Å². The standard InChI is InChI=1S/C20H25N5O3/c1-2-20(11-27-12-20)28-14-3-4-16(21)15(9-14)19(22)17-10-18(24-13-23-17)25-5-7-26-8-6-25/h3-4,9-10,13,22H,2,5-8,11-12,21H2,1H3. The number of benzene rings is 1. The normalized spacial score (nSPS) is 18.4. The highest BCUT2D eigenvalue weighted by Crippen LogP contribution is 2.31. The van der Waals surface area contributed by atoms with Gasteiger partial charge >= 0.3 is 0 Å². The maximum atomic E-state index is 8.66. The molecule has 0 radical (unpaired) electrons. The summed E-state index contributed by atoms with van der Waals surface area (Å²) in [6.45, 7) is 6.13. The first-order valence-electron chi connectivity index (χ1n) is 9.50. The van der Waals surface area contributed by atoms with E-state index in [4.69, 9.17) is 25.4 Å². The van der Waals surface area contributed by atoms with Crippen molar-refractivity contribution in [3.8, 4) is 5.75 Å². The molecule has 0 amide bonds. The Morgan fingerprint density at radius 1 is 1.21 bits per heavy atom. The molecule has 3 N–H and O–H groups in total. The van der Waals surface area contributed by atoms with Crippen molar-refractivity contribution in [3.63, 3.8) is 0 Å². The van der Waals surface area contributed by atoms with Crippen LogP contribution in [-0.4, -0.2) is 60.8 Å². The summed E-state index contributed by atoms with van der Waals surface area (Å²) >= 11 is 0. The molecule has 0 unspecified atom stereocenters. The molecule has 0 saturated carbocycles. The van der Waals surface area contributed by atoms with Gasteiger partial charge in [-0.1, -0.05) is 6.92 Å². The number of hydrogen-bond acceptors (Lipinski definition) is 8. The van der Waals surface area contributed by atoms with Crippen molar-refractivity contribution in [3.05, 3.63) is 41.9 Å². The van der Waals surface area contributed by atoms with E-state index in [9.17, 15) is 0 Å². The predicted octanol–water partition coefficient (Wildman–Crippen LogP) is 1.87. The minimum Gasteiger partial charge on any atom is -0.482 e. The second kappa shape index (κ2) is 7.73. The third-order valence-electron chi connectivity index (χ3n) is 5.25. The molecule has 0 bridgehead atoms. The first-order valence-corrected chi connectivity index (χ1v) is 9.50. The van der Waals surface area contributed by atoms with Crippen molar-refractivity contribution in [2.75, 3.05) is 50.2 Å². The Labute approximate surface area is 164 Å². The van der Waals surface area contributed by atoms with Crippen LogP contribution >= 0.6 is 0 Å². The van der Waals surface area contributed by atoms with Crippen molar-refractivity contribution < 1.29 is 14.2 Å². The van der Waals surface area contributed by atoms with Gasteiger partial charge in [-0.15, -0.1) is 0 Å². The number of rotatable bonds is 6. The average Bonchev–Trinajstić information content (AvgIpc) is 2.72. The van der Waals surface area contributed by atoms with E-state index in [1.54, 1.807) is 6.07 Å². The fourth-order valence-electron chi connectivity index (χ4n) is 3.32. The molecule has 148 valence electrons. The minimum absolute atomic E-state index is 0.246. The monoisotopic (exact) mass is 383 g/mol. The van der Waals surface area contributed by atoms with Gasteiger partial charge in [-0.2, -0.15) is 0 Å². The van der Waals surface area contributed by atoms with Crippen LogP contribution in [0.15, 0.2) is 30.6 Å². The summed E-state index contributed by atoms with van der Waals surface area (Å²) in [5, 5.41) is 8.66. The van der Waals surface area contributed by atoms with Gasteiger partial charge in [0, 0.05) is 30.4 Å². The molecule has 4 rings (SSSR count). The number of nitrogens with one attached hydrogen (secondary N) is 1. The number of nitrogens with zero attached hydrogens (tertiary/aromatic N) is 3. The molecule has 8 heteroatoms. The van der Waals surface area contributed by atoms with E-state index in [1.165, 1.54) is 6.33 Å². The lowest BCUT2D eigenvalue weighted by Crippen LogP contribution is -2.53. The van der Waals surface area contributed by atoms with Crippen molar-refractivity contribution in [2.45, 2.75) is 18.9 Å². The minimum atomic E-state index is -0.284. The van der Waals surface area contributed by atoms with Crippen LogP contribution in [0.2, 0.25) is 0 Å². The number of aromatic nitrogens is 2. The number of anilines is 2. The first kappa shape index (κ1) is 18.6. The smallest absolute Gasteiger partial charge is 0.155 e. The molecule has 0 aliphatic carbocycles. The molecule has 2 aliphatic heterocycles. The molecular weight excluding hydrogens is 358 g/mol. The third kappa shape index (κ3) is 3.65. The zero-order valence-corrected chi connectivity index (χ0v) is 16.0. The fourth-order valence-corrected chi connectivity index (χ4v) is 3.32. The highest BCUT2D eigenvalue weighted by atomic mass is 16.6. The zero-order valence-electron chi connectivity index (χ0n) is 16.0. The number of morpholine rings is 1. The van der Waals surface area contributed by atoms with E-state index in [0.29, 0.717) is 49.1 Å². The Bertz CT molecular complexity index is 857. The number of nitrogens with two attached hydrogens (primary N) is 1. The van der Waals surface area contributed by atoms with E-state index in [2.05, 4.69) is 21.8 Å². The summed E-state index contributed by atoms with van der Waals surface area (Å²) in [5.41, 5.74) is 7.75. The van der Waals surface area contributed by atoms with Gasteiger partial charge in [-0.05, 0) is 24.6 Å². The van der Waals surface area contributed by atoms with Crippen molar-refractivity contribution in [1.82, 2.24) is 9.97 Å². The Balaban J connectivity index is 1.58. The lowest BCUT2D eigenvalue weighted by atomic mass is 9.98. The van der Waals surface area contributed by atoms with Gasteiger partial charge < -0.3 is 24.8 Å². The van der Waals surface area contributed by atoms with Gasteiger partial charge in [-0.3, -0.25) is 5.41 Å². The van der Waals surface area contributed by atoms with E-state index in [-0.39, 0.29) is 11.3 Å². The summed E-state index contributed by atoms with van der Waals surface area (Å²) in [6, 6.07) is 7.24.